The molecule has 38 heavy (non-hydrogen) atoms. The minimum atomic E-state index is -0.552. The zero-order valence-corrected chi connectivity index (χ0v) is 21.5. The number of nitrogens with zero attached hydrogens (tertiary/aromatic N) is 1. The van der Waals surface area contributed by atoms with Gasteiger partial charge < -0.3 is 9.47 Å². The van der Waals surface area contributed by atoms with Crippen LogP contribution >= 0.6 is 0 Å². The van der Waals surface area contributed by atoms with E-state index in [1.54, 1.807) is 43.5 Å². The van der Waals surface area contributed by atoms with E-state index in [0.717, 1.165) is 22.5 Å². The van der Waals surface area contributed by atoms with Crippen LogP contribution in [0, 0.1) is 11.3 Å². The number of carbonyl (C=O) groups is 3. The van der Waals surface area contributed by atoms with Gasteiger partial charge in [-0.2, -0.15) is 0 Å². The molecule has 0 radical (unpaired) electrons. The molecule has 1 heterocycles. The van der Waals surface area contributed by atoms with Crippen molar-refractivity contribution in [3.63, 3.8) is 0 Å². The van der Waals surface area contributed by atoms with E-state index in [1.807, 2.05) is 36.4 Å². The third-order valence-electron chi connectivity index (χ3n) is 7.62. The van der Waals surface area contributed by atoms with Crippen LogP contribution in [0.3, 0.4) is 0 Å². The molecule has 6 heteroatoms. The van der Waals surface area contributed by atoms with Crippen molar-refractivity contribution in [2.24, 2.45) is 16.3 Å². The summed E-state index contributed by atoms with van der Waals surface area (Å²) in [4.78, 5) is 44.7. The van der Waals surface area contributed by atoms with Crippen LogP contribution in [0.1, 0.15) is 64.4 Å². The van der Waals surface area contributed by atoms with Crippen LogP contribution in [0.4, 0.5) is 0 Å². The van der Waals surface area contributed by atoms with Gasteiger partial charge in [-0.15, -0.1) is 0 Å². The molecule has 2 aliphatic carbocycles. The summed E-state index contributed by atoms with van der Waals surface area (Å²) in [7, 11) is 1.56. The molecule has 3 aromatic carbocycles. The third kappa shape index (κ3) is 3.97. The Kier molecular flexibility index (Phi) is 5.64. The molecule has 0 amide bonds. The summed E-state index contributed by atoms with van der Waals surface area (Å²) >= 11 is 0. The Morgan fingerprint density at radius 1 is 0.842 bits per heavy atom. The number of hydrogen-bond donors (Lipinski definition) is 0. The molecular weight excluding hydrogens is 478 g/mol. The van der Waals surface area contributed by atoms with E-state index < -0.39 is 17.8 Å². The highest BCUT2D eigenvalue weighted by Crippen LogP contribution is 2.51. The van der Waals surface area contributed by atoms with Crippen LogP contribution in [0.2, 0.25) is 0 Å². The third-order valence-corrected chi connectivity index (χ3v) is 7.62. The van der Waals surface area contributed by atoms with Crippen LogP contribution in [0.15, 0.2) is 89.1 Å². The Balaban J connectivity index is 1.36. The lowest BCUT2D eigenvalue weighted by molar-refractivity contribution is -0.118. The molecule has 0 N–H and O–H groups in total. The van der Waals surface area contributed by atoms with E-state index in [9.17, 15) is 14.4 Å². The highest BCUT2D eigenvalue weighted by Gasteiger charge is 2.50. The quantitative estimate of drug-likeness (QED) is 0.323. The highest BCUT2D eigenvalue weighted by atomic mass is 16.5. The molecule has 0 bridgehead atoms. The first-order valence-electron chi connectivity index (χ1n) is 12.7. The summed E-state index contributed by atoms with van der Waals surface area (Å²) in [5.74, 6) is -0.406. The smallest absolute Gasteiger partial charge is 0.343 e. The average Bonchev–Trinajstić information content (AvgIpc) is 3.19. The van der Waals surface area contributed by atoms with Gasteiger partial charge in [0.2, 0.25) is 0 Å². The molecule has 0 saturated heterocycles. The van der Waals surface area contributed by atoms with E-state index in [-0.39, 0.29) is 17.0 Å². The minimum absolute atomic E-state index is 0.0106. The van der Waals surface area contributed by atoms with Crippen molar-refractivity contribution < 1.29 is 23.9 Å². The standard InChI is InChI=1S/C32H27NO5/c1-32(2)16-24-27(25(34)17-32)26(28-29(33-24)22-6-4-5-7-23(22)30(28)35)18-8-14-21(15-9-18)38-31(36)19-10-12-20(37-3)13-11-19/h4-15,26,28H,16-17H2,1-3H3. The van der Waals surface area contributed by atoms with Gasteiger partial charge in [0.1, 0.15) is 11.5 Å². The SMILES string of the molecule is COc1ccc(C(=O)Oc2ccc(C3C4=C(CC(C)(C)CC4=O)N=C4c5ccccc5C(=O)C43)cc2)cc1. The first-order chi connectivity index (χ1) is 18.3. The zero-order valence-electron chi connectivity index (χ0n) is 21.5. The van der Waals surface area contributed by atoms with Crippen molar-refractivity contribution in [2.75, 3.05) is 7.11 Å². The van der Waals surface area contributed by atoms with Crippen LogP contribution in [0.5, 0.6) is 11.5 Å². The maximum atomic E-state index is 13.6. The minimum Gasteiger partial charge on any atom is -0.497 e. The summed E-state index contributed by atoms with van der Waals surface area (Å²) in [5, 5.41) is 0. The van der Waals surface area contributed by atoms with Crippen LogP contribution < -0.4 is 9.47 Å². The van der Waals surface area contributed by atoms with E-state index in [0.29, 0.717) is 41.0 Å². The largest absolute Gasteiger partial charge is 0.497 e. The summed E-state index contributed by atoms with van der Waals surface area (Å²) in [6.07, 6.45) is 1.09. The van der Waals surface area contributed by atoms with Gasteiger partial charge in [0.25, 0.3) is 0 Å². The van der Waals surface area contributed by atoms with E-state index in [4.69, 9.17) is 14.5 Å². The number of aliphatic imine (C=N–C) groups is 1. The molecule has 3 aliphatic rings. The monoisotopic (exact) mass is 505 g/mol. The summed E-state index contributed by atoms with van der Waals surface area (Å²) < 4.78 is 10.7. The predicted molar refractivity (Wildman–Crippen MR) is 143 cm³/mol. The predicted octanol–water partition coefficient (Wildman–Crippen LogP) is 5.96. The number of allylic oxidation sites excluding steroid dienone is 2. The molecule has 0 aromatic heterocycles. The number of benzene rings is 3. The number of ketones is 2. The lowest BCUT2D eigenvalue weighted by atomic mass is 9.66. The fourth-order valence-corrected chi connectivity index (χ4v) is 5.88. The highest BCUT2D eigenvalue weighted by molar-refractivity contribution is 6.30. The second kappa shape index (κ2) is 8.91. The summed E-state index contributed by atoms with van der Waals surface area (Å²) in [5.41, 5.74) is 4.70. The van der Waals surface area contributed by atoms with Crippen molar-refractivity contribution in [3.8, 4) is 11.5 Å². The lowest BCUT2D eigenvalue weighted by Crippen LogP contribution is -2.37. The van der Waals surface area contributed by atoms with Crippen LogP contribution in [-0.2, 0) is 4.79 Å². The number of ether oxygens (including phenoxy) is 2. The number of hydrogen-bond acceptors (Lipinski definition) is 6. The van der Waals surface area contributed by atoms with Crippen LogP contribution in [0.25, 0.3) is 0 Å². The zero-order chi connectivity index (χ0) is 26.6. The van der Waals surface area contributed by atoms with Gasteiger partial charge in [0.15, 0.2) is 11.6 Å². The Morgan fingerprint density at radius 3 is 2.18 bits per heavy atom. The van der Waals surface area contributed by atoms with Crippen molar-refractivity contribution in [2.45, 2.75) is 32.6 Å². The van der Waals surface area contributed by atoms with Crippen molar-refractivity contribution >= 4 is 23.2 Å². The molecule has 0 saturated carbocycles. The molecule has 2 unspecified atom stereocenters. The topological polar surface area (TPSA) is 82.0 Å². The molecule has 190 valence electrons. The maximum Gasteiger partial charge on any atom is 0.343 e. The van der Waals surface area contributed by atoms with Gasteiger partial charge in [-0.25, -0.2) is 4.79 Å². The van der Waals surface area contributed by atoms with Gasteiger partial charge >= 0.3 is 5.97 Å². The fraction of sp³-hybridized carbons (Fsp3) is 0.250. The fourth-order valence-electron chi connectivity index (χ4n) is 5.88. The van der Waals surface area contributed by atoms with E-state index in [1.165, 1.54) is 0 Å². The average molecular weight is 506 g/mol. The maximum absolute atomic E-state index is 13.6. The summed E-state index contributed by atoms with van der Waals surface area (Å²) in [6, 6.07) is 21.4. The van der Waals surface area contributed by atoms with Crippen molar-refractivity contribution in [3.05, 3.63) is 106 Å². The number of esters is 1. The molecule has 2 atom stereocenters. The van der Waals surface area contributed by atoms with Gasteiger partial charge in [-0.05, 0) is 53.8 Å². The van der Waals surface area contributed by atoms with Crippen LogP contribution in [-0.4, -0.2) is 30.4 Å². The first-order valence-corrected chi connectivity index (χ1v) is 12.7. The molecular formula is C32H27NO5. The molecule has 0 fully saturated rings. The Bertz CT molecular complexity index is 1540. The van der Waals surface area contributed by atoms with Gasteiger partial charge in [-0.1, -0.05) is 50.2 Å². The number of Topliss-reactive ketones (excluding diaryl/α,β-unsaturated/α-hetero) is 2. The Morgan fingerprint density at radius 2 is 1.50 bits per heavy atom. The molecule has 0 spiro atoms. The summed E-state index contributed by atoms with van der Waals surface area (Å²) in [6.45, 7) is 4.16. The first kappa shape index (κ1) is 24.0. The van der Waals surface area contributed by atoms with Gasteiger partial charge in [0, 0.05) is 34.7 Å². The van der Waals surface area contributed by atoms with E-state index in [2.05, 4.69) is 13.8 Å². The molecule has 6 nitrogen and oxygen atoms in total. The van der Waals surface area contributed by atoms with Crippen molar-refractivity contribution in [1.82, 2.24) is 0 Å². The number of carbonyl (C=O) groups excluding carboxylic acids is 3. The molecule has 6 rings (SSSR count). The lowest BCUT2D eigenvalue weighted by Gasteiger charge is -2.38. The molecule has 3 aromatic rings. The number of fused-ring (bicyclic) bond motifs is 3. The second-order valence-electron chi connectivity index (χ2n) is 10.9. The van der Waals surface area contributed by atoms with Crippen molar-refractivity contribution in [1.29, 1.82) is 0 Å². The van der Waals surface area contributed by atoms with Gasteiger partial charge in [-0.3, -0.25) is 14.6 Å². The second-order valence-corrected chi connectivity index (χ2v) is 10.9. The number of rotatable bonds is 4. The Hall–Kier alpha value is -4.32. The normalized spacial score (nSPS) is 21.3. The molecule has 1 aliphatic heterocycles. The van der Waals surface area contributed by atoms with E-state index >= 15 is 0 Å². The number of methoxy groups -OCH3 is 1. The van der Waals surface area contributed by atoms with Gasteiger partial charge in [0.05, 0.1) is 24.3 Å². The Labute approximate surface area is 221 Å².